The van der Waals surface area contributed by atoms with E-state index in [0.717, 1.165) is 5.65 Å². The molecule has 16 heavy (non-hydrogen) atoms. The van der Waals surface area contributed by atoms with E-state index in [9.17, 15) is 10.1 Å². The Morgan fingerprint density at radius 2 is 2.44 bits per heavy atom. The molecule has 2 rings (SSSR count). The molecule has 5 nitrogen and oxygen atoms in total. The summed E-state index contributed by atoms with van der Waals surface area (Å²) < 4.78 is 1.83. The maximum Gasteiger partial charge on any atom is 0.248 e. The van der Waals surface area contributed by atoms with Gasteiger partial charge in [-0.2, -0.15) is 0 Å². The van der Waals surface area contributed by atoms with Crippen molar-refractivity contribution in [3.63, 3.8) is 0 Å². The SMILES string of the molecule is CCC(=Cc1cn2ccccc2n1)[N+](=O)[O-]. The van der Waals surface area contributed by atoms with Crippen molar-refractivity contribution in [2.75, 3.05) is 0 Å². The fourth-order valence-electron chi connectivity index (χ4n) is 1.48. The molecule has 0 saturated heterocycles. The van der Waals surface area contributed by atoms with Crippen LogP contribution in [-0.4, -0.2) is 14.3 Å². The topological polar surface area (TPSA) is 60.4 Å². The van der Waals surface area contributed by atoms with Crippen molar-refractivity contribution in [2.45, 2.75) is 13.3 Å². The Morgan fingerprint density at radius 1 is 1.62 bits per heavy atom. The third-order valence-electron chi connectivity index (χ3n) is 2.29. The molecular weight excluding hydrogens is 206 g/mol. The molecule has 82 valence electrons. The quantitative estimate of drug-likeness (QED) is 0.585. The summed E-state index contributed by atoms with van der Waals surface area (Å²) in [4.78, 5) is 14.5. The zero-order valence-electron chi connectivity index (χ0n) is 8.83. The number of hydrogen-bond donors (Lipinski definition) is 0. The molecule has 0 spiro atoms. The number of aromatic nitrogens is 2. The van der Waals surface area contributed by atoms with Gasteiger partial charge in [-0.25, -0.2) is 4.98 Å². The van der Waals surface area contributed by atoms with Gasteiger partial charge in [0.2, 0.25) is 5.70 Å². The fraction of sp³-hybridized carbons (Fsp3) is 0.182. The highest BCUT2D eigenvalue weighted by atomic mass is 16.6. The molecule has 0 amide bonds. The fourth-order valence-corrected chi connectivity index (χ4v) is 1.48. The first-order valence-corrected chi connectivity index (χ1v) is 4.99. The van der Waals surface area contributed by atoms with Crippen molar-refractivity contribution < 1.29 is 4.92 Å². The number of nitrogens with zero attached hydrogens (tertiary/aromatic N) is 3. The van der Waals surface area contributed by atoms with Crippen LogP contribution in [-0.2, 0) is 0 Å². The van der Waals surface area contributed by atoms with E-state index >= 15 is 0 Å². The van der Waals surface area contributed by atoms with Gasteiger partial charge in [-0.05, 0) is 12.1 Å². The Kier molecular flexibility index (Phi) is 2.68. The summed E-state index contributed by atoms with van der Waals surface area (Å²) in [5, 5.41) is 10.7. The first kappa shape index (κ1) is 10.4. The van der Waals surface area contributed by atoms with E-state index < -0.39 is 0 Å². The van der Waals surface area contributed by atoms with Crippen LogP contribution in [0.3, 0.4) is 0 Å². The molecular formula is C11H11N3O2. The molecule has 0 aliphatic rings. The third-order valence-corrected chi connectivity index (χ3v) is 2.29. The molecule has 0 unspecified atom stereocenters. The predicted octanol–water partition coefficient (Wildman–Crippen LogP) is 2.36. The van der Waals surface area contributed by atoms with Crippen molar-refractivity contribution in [1.29, 1.82) is 0 Å². The zero-order valence-corrected chi connectivity index (χ0v) is 8.83. The van der Waals surface area contributed by atoms with Gasteiger partial charge in [0, 0.05) is 24.9 Å². The normalized spacial score (nSPS) is 11.9. The van der Waals surface area contributed by atoms with Crippen LogP contribution >= 0.6 is 0 Å². The minimum atomic E-state index is -0.371. The van der Waals surface area contributed by atoms with Crippen LogP contribution in [0.5, 0.6) is 0 Å². The van der Waals surface area contributed by atoms with Crippen molar-refractivity contribution in [1.82, 2.24) is 9.38 Å². The summed E-state index contributed by atoms with van der Waals surface area (Å²) in [6.07, 6.45) is 5.53. The highest BCUT2D eigenvalue weighted by Gasteiger charge is 2.08. The summed E-state index contributed by atoms with van der Waals surface area (Å²) in [6.45, 7) is 1.75. The van der Waals surface area contributed by atoms with Gasteiger partial charge in [0.05, 0.1) is 10.6 Å². The predicted molar refractivity (Wildman–Crippen MR) is 60.5 cm³/mol. The van der Waals surface area contributed by atoms with Crippen molar-refractivity contribution >= 4 is 11.7 Å². The number of nitro groups is 1. The van der Waals surface area contributed by atoms with E-state index in [1.165, 1.54) is 6.08 Å². The minimum Gasteiger partial charge on any atom is -0.306 e. The molecule has 0 N–H and O–H groups in total. The van der Waals surface area contributed by atoms with E-state index in [-0.39, 0.29) is 10.6 Å². The summed E-state index contributed by atoms with van der Waals surface area (Å²) in [7, 11) is 0. The van der Waals surface area contributed by atoms with Crippen LogP contribution < -0.4 is 0 Å². The van der Waals surface area contributed by atoms with E-state index in [2.05, 4.69) is 4.98 Å². The Hall–Kier alpha value is -2.17. The number of allylic oxidation sites excluding steroid dienone is 1. The molecule has 0 fully saturated rings. The van der Waals surface area contributed by atoms with Gasteiger partial charge in [-0.15, -0.1) is 0 Å². The van der Waals surface area contributed by atoms with Crippen LogP contribution in [0.1, 0.15) is 19.0 Å². The lowest BCUT2D eigenvalue weighted by Gasteiger charge is -1.90. The lowest BCUT2D eigenvalue weighted by atomic mass is 10.3. The monoisotopic (exact) mass is 217 g/mol. The average molecular weight is 217 g/mol. The van der Waals surface area contributed by atoms with Gasteiger partial charge < -0.3 is 4.40 Å². The highest BCUT2D eigenvalue weighted by molar-refractivity contribution is 5.52. The molecule has 2 heterocycles. The van der Waals surface area contributed by atoms with E-state index in [0.29, 0.717) is 12.1 Å². The van der Waals surface area contributed by atoms with E-state index in [1.807, 2.05) is 28.8 Å². The van der Waals surface area contributed by atoms with Gasteiger partial charge in [0.25, 0.3) is 0 Å². The first-order chi connectivity index (χ1) is 7.70. The Bertz CT molecular complexity index is 524. The maximum atomic E-state index is 10.7. The Morgan fingerprint density at radius 3 is 3.06 bits per heavy atom. The average Bonchev–Trinajstić information content (AvgIpc) is 2.67. The highest BCUT2D eigenvalue weighted by Crippen LogP contribution is 2.11. The van der Waals surface area contributed by atoms with Gasteiger partial charge >= 0.3 is 0 Å². The van der Waals surface area contributed by atoms with Crippen LogP contribution in [0.25, 0.3) is 11.7 Å². The Labute approximate surface area is 92.2 Å². The first-order valence-electron chi connectivity index (χ1n) is 4.99. The van der Waals surface area contributed by atoms with Crippen LogP contribution in [0.15, 0.2) is 36.3 Å². The molecule has 0 saturated carbocycles. The molecule has 0 aliphatic heterocycles. The second kappa shape index (κ2) is 4.14. The third kappa shape index (κ3) is 1.93. The Balaban J connectivity index is 2.44. The number of imidazole rings is 1. The standard InChI is InChI=1S/C11H11N3O2/c1-2-10(14(15)16)7-9-8-13-6-4-3-5-11(13)12-9/h3-8H,2H2,1H3. The number of fused-ring (bicyclic) bond motifs is 1. The largest absolute Gasteiger partial charge is 0.306 e. The second-order valence-electron chi connectivity index (χ2n) is 3.38. The maximum absolute atomic E-state index is 10.7. The zero-order chi connectivity index (χ0) is 11.5. The lowest BCUT2D eigenvalue weighted by molar-refractivity contribution is -0.425. The number of pyridine rings is 1. The van der Waals surface area contributed by atoms with Gasteiger partial charge in [-0.1, -0.05) is 13.0 Å². The molecule has 0 aromatic carbocycles. The molecule has 0 atom stereocenters. The van der Waals surface area contributed by atoms with Crippen molar-refractivity contribution in [2.24, 2.45) is 0 Å². The van der Waals surface area contributed by atoms with Gasteiger partial charge in [0.1, 0.15) is 5.65 Å². The summed E-state index contributed by atoms with van der Waals surface area (Å²) in [5.41, 5.74) is 1.57. The van der Waals surface area contributed by atoms with Crippen LogP contribution in [0, 0.1) is 10.1 Å². The van der Waals surface area contributed by atoms with Crippen LogP contribution in [0.4, 0.5) is 0 Å². The number of rotatable bonds is 3. The molecule has 0 aliphatic carbocycles. The summed E-state index contributed by atoms with van der Waals surface area (Å²) in [6, 6.07) is 5.62. The molecule has 2 aromatic rings. The number of hydrogen-bond acceptors (Lipinski definition) is 3. The molecule has 0 radical (unpaired) electrons. The molecule has 0 bridgehead atoms. The molecule has 2 aromatic heterocycles. The van der Waals surface area contributed by atoms with Crippen molar-refractivity contribution in [3.05, 3.63) is 52.1 Å². The summed E-state index contributed by atoms with van der Waals surface area (Å²) in [5.74, 6) is 0. The lowest BCUT2D eigenvalue weighted by Crippen LogP contribution is -1.96. The second-order valence-corrected chi connectivity index (χ2v) is 3.38. The van der Waals surface area contributed by atoms with Crippen molar-refractivity contribution in [3.8, 4) is 0 Å². The van der Waals surface area contributed by atoms with E-state index in [4.69, 9.17) is 0 Å². The molecule has 5 heteroatoms. The van der Waals surface area contributed by atoms with Crippen LogP contribution in [0.2, 0.25) is 0 Å². The van der Waals surface area contributed by atoms with Gasteiger partial charge in [-0.3, -0.25) is 10.1 Å². The minimum absolute atomic E-state index is 0.170. The summed E-state index contributed by atoms with van der Waals surface area (Å²) >= 11 is 0. The smallest absolute Gasteiger partial charge is 0.248 e. The van der Waals surface area contributed by atoms with Gasteiger partial charge in [0.15, 0.2) is 0 Å². The van der Waals surface area contributed by atoms with E-state index in [1.54, 1.807) is 13.1 Å².